The lowest BCUT2D eigenvalue weighted by atomic mass is 10.0. The summed E-state index contributed by atoms with van der Waals surface area (Å²) in [6.45, 7) is 3.88. The molecule has 5 nitrogen and oxygen atoms in total. The van der Waals surface area contributed by atoms with Gasteiger partial charge in [0.2, 0.25) is 0 Å². The van der Waals surface area contributed by atoms with E-state index in [9.17, 15) is 5.26 Å². The Morgan fingerprint density at radius 2 is 2.15 bits per heavy atom. The van der Waals surface area contributed by atoms with Gasteiger partial charge in [-0.2, -0.15) is 9.64 Å². The third-order valence-electron chi connectivity index (χ3n) is 4.69. The standard InChI is InChI=1S/C21H20N4OS/c1-12(2)26-19-9-6-13(10-14(19)11-22)21-24-20(25-27-21)17-5-3-4-16-15(17)7-8-18(16)23/h3-6,9-10,12,18H,7-8,23H2,1-2H3/t18-/m1/s1. The quantitative estimate of drug-likeness (QED) is 0.726. The van der Waals surface area contributed by atoms with Crippen LogP contribution in [0.1, 0.15) is 43.0 Å². The van der Waals surface area contributed by atoms with Crippen LogP contribution in [0.2, 0.25) is 0 Å². The molecular formula is C21H20N4OS. The van der Waals surface area contributed by atoms with Crippen molar-refractivity contribution in [3.63, 3.8) is 0 Å². The molecule has 0 spiro atoms. The second-order valence-corrected chi connectivity index (χ2v) is 7.68. The van der Waals surface area contributed by atoms with Crippen LogP contribution in [0.5, 0.6) is 5.75 Å². The summed E-state index contributed by atoms with van der Waals surface area (Å²) in [7, 11) is 0. The van der Waals surface area contributed by atoms with Crippen LogP contribution in [0, 0.1) is 11.3 Å². The summed E-state index contributed by atoms with van der Waals surface area (Å²) in [6.07, 6.45) is 1.94. The lowest BCUT2D eigenvalue weighted by Crippen LogP contribution is -2.06. The van der Waals surface area contributed by atoms with Gasteiger partial charge < -0.3 is 10.5 Å². The van der Waals surface area contributed by atoms with Crippen LogP contribution in [0.15, 0.2) is 36.4 Å². The number of nitriles is 1. The average molecular weight is 376 g/mol. The third-order valence-corrected chi connectivity index (χ3v) is 5.46. The maximum absolute atomic E-state index is 9.44. The zero-order valence-electron chi connectivity index (χ0n) is 15.3. The lowest BCUT2D eigenvalue weighted by molar-refractivity contribution is 0.242. The second kappa shape index (κ2) is 7.10. The predicted molar refractivity (Wildman–Crippen MR) is 107 cm³/mol. The van der Waals surface area contributed by atoms with Crippen molar-refractivity contribution in [2.45, 2.75) is 38.8 Å². The minimum atomic E-state index is 0.0163. The first-order valence-corrected chi connectivity index (χ1v) is 9.76. The number of benzene rings is 2. The largest absolute Gasteiger partial charge is 0.490 e. The van der Waals surface area contributed by atoms with Gasteiger partial charge in [0, 0.05) is 17.2 Å². The first kappa shape index (κ1) is 17.7. The van der Waals surface area contributed by atoms with E-state index in [-0.39, 0.29) is 12.1 Å². The molecule has 0 bridgehead atoms. The van der Waals surface area contributed by atoms with Gasteiger partial charge >= 0.3 is 0 Å². The number of aromatic nitrogens is 2. The van der Waals surface area contributed by atoms with Crippen LogP contribution < -0.4 is 10.5 Å². The molecule has 6 heteroatoms. The van der Waals surface area contributed by atoms with Crippen molar-refractivity contribution in [3.05, 3.63) is 53.1 Å². The number of fused-ring (bicyclic) bond motifs is 1. The molecule has 27 heavy (non-hydrogen) atoms. The Labute approximate surface area is 162 Å². The number of nitrogens with zero attached hydrogens (tertiary/aromatic N) is 3. The van der Waals surface area contributed by atoms with Gasteiger partial charge in [-0.3, -0.25) is 0 Å². The molecule has 1 atom stereocenters. The Morgan fingerprint density at radius 3 is 2.93 bits per heavy atom. The second-order valence-electron chi connectivity index (χ2n) is 6.93. The SMILES string of the molecule is CC(C)Oc1ccc(-c2nc(-c3cccc4c3CC[C@H]4N)ns2)cc1C#N. The molecule has 1 aliphatic rings. The van der Waals surface area contributed by atoms with E-state index in [4.69, 9.17) is 15.5 Å². The lowest BCUT2D eigenvalue weighted by Gasteiger charge is -2.11. The van der Waals surface area contributed by atoms with Crippen molar-refractivity contribution in [1.82, 2.24) is 9.36 Å². The molecule has 2 aromatic carbocycles. The van der Waals surface area contributed by atoms with Gasteiger partial charge in [0.05, 0.1) is 11.7 Å². The Bertz CT molecular complexity index is 1030. The van der Waals surface area contributed by atoms with Crippen LogP contribution >= 0.6 is 11.5 Å². The molecule has 1 heterocycles. The third kappa shape index (κ3) is 3.32. The van der Waals surface area contributed by atoms with Crippen LogP contribution in [-0.4, -0.2) is 15.5 Å². The highest BCUT2D eigenvalue weighted by molar-refractivity contribution is 7.09. The molecule has 0 amide bonds. The zero-order chi connectivity index (χ0) is 19.0. The van der Waals surface area contributed by atoms with Crippen LogP contribution in [0.25, 0.3) is 22.0 Å². The van der Waals surface area contributed by atoms with Gasteiger partial charge in [-0.25, -0.2) is 4.98 Å². The highest BCUT2D eigenvalue weighted by atomic mass is 32.1. The van der Waals surface area contributed by atoms with Crippen molar-refractivity contribution < 1.29 is 4.74 Å². The number of nitrogens with two attached hydrogens (primary N) is 1. The van der Waals surface area contributed by atoms with Gasteiger partial charge in [0.1, 0.15) is 16.8 Å². The van der Waals surface area contributed by atoms with Crippen molar-refractivity contribution >= 4 is 11.5 Å². The molecule has 0 aliphatic heterocycles. The highest BCUT2D eigenvalue weighted by Gasteiger charge is 2.23. The van der Waals surface area contributed by atoms with Gasteiger partial charge in [-0.15, -0.1) is 0 Å². The smallest absolute Gasteiger partial charge is 0.173 e. The fraction of sp³-hybridized carbons (Fsp3) is 0.286. The zero-order valence-corrected chi connectivity index (χ0v) is 16.1. The van der Waals surface area contributed by atoms with Gasteiger partial charge in [0.15, 0.2) is 5.82 Å². The summed E-state index contributed by atoms with van der Waals surface area (Å²) < 4.78 is 10.3. The van der Waals surface area contributed by atoms with Gasteiger partial charge in [-0.1, -0.05) is 18.2 Å². The van der Waals surface area contributed by atoms with Crippen LogP contribution in [0.4, 0.5) is 0 Å². The van der Waals surface area contributed by atoms with Crippen molar-refractivity contribution in [2.24, 2.45) is 5.73 Å². The number of ether oxygens (including phenoxy) is 1. The molecule has 0 unspecified atom stereocenters. The minimum Gasteiger partial charge on any atom is -0.490 e. The Balaban J connectivity index is 1.69. The Hall–Kier alpha value is -2.75. The maximum Gasteiger partial charge on any atom is 0.173 e. The number of hydrogen-bond donors (Lipinski definition) is 1. The molecule has 4 rings (SSSR count). The van der Waals surface area contributed by atoms with Gasteiger partial charge in [0.25, 0.3) is 0 Å². The van der Waals surface area contributed by atoms with E-state index in [0.29, 0.717) is 11.3 Å². The molecule has 0 radical (unpaired) electrons. The molecular weight excluding hydrogens is 356 g/mol. The molecule has 1 aromatic heterocycles. The van der Waals surface area contributed by atoms with E-state index in [2.05, 4.69) is 22.6 Å². The molecule has 2 N–H and O–H groups in total. The number of rotatable bonds is 4. The normalized spacial score (nSPS) is 15.6. The predicted octanol–water partition coefficient (Wildman–Crippen LogP) is 4.48. The summed E-state index contributed by atoms with van der Waals surface area (Å²) in [5, 5.41) is 10.2. The van der Waals surface area contributed by atoms with Crippen LogP contribution in [0.3, 0.4) is 0 Å². The molecule has 136 valence electrons. The van der Waals surface area contributed by atoms with E-state index >= 15 is 0 Å². The van der Waals surface area contributed by atoms with Crippen molar-refractivity contribution in [3.8, 4) is 33.8 Å². The van der Waals surface area contributed by atoms with Crippen LogP contribution in [-0.2, 0) is 6.42 Å². The highest BCUT2D eigenvalue weighted by Crippen LogP contribution is 2.37. The molecule has 0 fully saturated rings. The average Bonchev–Trinajstić information content (AvgIpc) is 3.29. The first-order valence-electron chi connectivity index (χ1n) is 8.99. The van der Waals surface area contributed by atoms with Gasteiger partial charge in [-0.05, 0) is 67.5 Å². The summed E-state index contributed by atoms with van der Waals surface area (Å²) >= 11 is 1.34. The summed E-state index contributed by atoms with van der Waals surface area (Å²) in [5.41, 5.74) is 11.1. The fourth-order valence-corrected chi connectivity index (χ4v) is 4.12. The maximum atomic E-state index is 9.44. The van der Waals surface area contributed by atoms with E-state index in [1.165, 1.54) is 22.7 Å². The first-order chi connectivity index (χ1) is 13.1. The topological polar surface area (TPSA) is 84.8 Å². The molecule has 0 saturated carbocycles. The summed E-state index contributed by atoms with van der Waals surface area (Å²) in [6, 6.07) is 14.0. The van der Waals surface area contributed by atoms with E-state index < -0.39 is 0 Å². The van der Waals surface area contributed by atoms with Crippen molar-refractivity contribution in [2.75, 3.05) is 0 Å². The minimum absolute atomic E-state index is 0.0163. The summed E-state index contributed by atoms with van der Waals surface area (Å²) in [4.78, 5) is 4.74. The van der Waals surface area contributed by atoms with E-state index in [1.54, 1.807) is 0 Å². The van der Waals surface area contributed by atoms with E-state index in [1.807, 2.05) is 38.1 Å². The fourth-order valence-electron chi connectivity index (χ4n) is 3.45. The Kier molecular flexibility index (Phi) is 4.65. The van der Waals surface area contributed by atoms with Crippen molar-refractivity contribution in [1.29, 1.82) is 5.26 Å². The monoisotopic (exact) mass is 376 g/mol. The Morgan fingerprint density at radius 1 is 1.30 bits per heavy atom. The molecule has 0 saturated heterocycles. The van der Waals surface area contributed by atoms with E-state index in [0.717, 1.165) is 34.8 Å². The molecule has 3 aromatic rings. The summed E-state index contributed by atoms with van der Waals surface area (Å²) in [5.74, 6) is 1.32. The molecule has 1 aliphatic carbocycles. The number of hydrogen-bond acceptors (Lipinski definition) is 6.